The van der Waals surface area contributed by atoms with Gasteiger partial charge in [0.05, 0.1) is 5.54 Å². The monoisotopic (exact) mass is 197 g/mol. The van der Waals surface area contributed by atoms with Crippen LogP contribution < -0.4 is 5.73 Å². The molecule has 1 aromatic carbocycles. The molecule has 0 amide bonds. The summed E-state index contributed by atoms with van der Waals surface area (Å²) < 4.78 is 0. The molecule has 1 nitrogen and oxygen atoms in total. The quantitative estimate of drug-likeness (QED) is 0.680. The Morgan fingerprint density at radius 3 is 2.93 bits per heavy atom. The van der Waals surface area contributed by atoms with Gasteiger partial charge in [-0.05, 0) is 42.0 Å². The van der Waals surface area contributed by atoms with Crippen molar-refractivity contribution in [1.82, 2.24) is 0 Å². The Hall–Kier alpha value is -1.34. The number of rotatable bonds is 0. The minimum absolute atomic E-state index is 0.253. The van der Waals surface area contributed by atoms with Crippen LogP contribution in [-0.4, -0.2) is 0 Å². The molecule has 1 unspecified atom stereocenters. The van der Waals surface area contributed by atoms with Gasteiger partial charge < -0.3 is 5.73 Å². The van der Waals surface area contributed by atoms with Crippen molar-refractivity contribution in [3.05, 3.63) is 53.1 Å². The van der Waals surface area contributed by atoms with E-state index in [4.69, 9.17) is 5.73 Å². The molecular formula is C14H15N. The van der Waals surface area contributed by atoms with E-state index >= 15 is 0 Å². The Balaban J connectivity index is 2.30. The standard InChI is InChI=1S/C14H15N/c1-14(15)12-8-4-2-6-10(12)11-7-3-5-9-13(11)14/h2-4,6-8H,5,9,15H2,1H3. The highest BCUT2D eigenvalue weighted by Crippen LogP contribution is 2.46. The van der Waals surface area contributed by atoms with Gasteiger partial charge in [0.2, 0.25) is 0 Å². The van der Waals surface area contributed by atoms with Gasteiger partial charge in [-0.2, -0.15) is 0 Å². The average Bonchev–Trinajstić information content (AvgIpc) is 2.51. The highest BCUT2D eigenvalue weighted by Gasteiger charge is 2.37. The molecule has 0 heterocycles. The van der Waals surface area contributed by atoms with Gasteiger partial charge in [0, 0.05) is 0 Å². The van der Waals surface area contributed by atoms with Gasteiger partial charge >= 0.3 is 0 Å². The summed E-state index contributed by atoms with van der Waals surface area (Å²) in [6, 6.07) is 8.50. The summed E-state index contributed by atoms with van der Waals surface area (Å²) in [4.78, 5) is 0. The van der Waals surface area contributed by atoms with Crippen LogP contribution in [0.5, 0.6) is 0 Å². The lowest BCUT2D eigenvalue weighted by Crippen LogP contribution is -2.33. The summed E-state index contributed by atoms with van der Waals surface area (Å²) >= 11 is 0. The van der Waals surface area contributed by atoms with Gasteiger partial charge in [0.1, 0.15) is 0 Å². The molecule has 0 spiro atoms. The van der Waals surface area contributed by atoms with E-state index in [1.807, 2.05) is 0 Å². The van der Waals surface area contributed by atoms with E-state index in [1.165, 1.54) is 22.3 Å². The predicted molar refractivity (Wildman–Crippen MR) is 63.3 cm³/mol. The minimum Gasteiger partial charge on any atom is -0.318 e. The largest absolute Gasteiger partial charge is 0.318 e. The van der Waals surface area contributed by atoms with Crippen molar-refractivity contribution in [3.63, 3.8) is 0 Å². The zero-order chi connectivity index (χ0) is 10.5. The van der Waals surface area contributed by atoms with Crippen molar-refractivity contribution in [1.29, 1.82) is 0 Å². The molecule has 0 saturated carbocycles. The van der Waals surface area contributed by atoms with Crippen LogP contribution in [0.2, 0.25) is 0 Å². The topological polar surface area (TPSA) is 26.0 Å². The smallest absolute Gasteiger partial charge is 0.0611 e. The summed E-state index contributed by atoms with van der Waals surface area (Å²) in [5.74, 6) is 0. The molecule has 0 aliphatic heterocycles. The molecule has 3 rings (SSSR count). The molecule has 0 bridgehead atoms. The van der Waals surface area contributed by atoms with Gasteiger partial charge in [-0.25, -0.2) is 0 Å². The SMILES string of the molecule is CC1(N)C2=C(C=CCC2)c2ccccc21. The van der Waals surface area contributed by atoms with Crippen molar-refractivity contribution in [3.8, 4) is 0 Å². The number of nitrogens with two attached hydrogens (primary N) is 1. The van der Waals surface area contributed by atoms with Crippen LogP contribution in [-0.2, 0) is 5.54 Å². The molecule has 2 N–H and O–H groups in total. The first-order chi connectivity index (χ1) is 7.21. The fourth-order valence-electron chi connectivity index (χ4n) is 2.79. The van der Waals surface area contributed by atoms with Gasteiger partial charge in [-0.3, -0.25) is 0 Å². The lowest BCUT2D eigenvalue weighted by molar-refractivity contribution is 0.574. The van der Waals surface area contributed by atoms with Crippen LogP contribution in [0.4, 0.5) is 0 Å². The molecule has 1 heteroatoms. The highest BCUT2D eigenvalue weighted by atomic mass is 14.8. The number of allylic oxidation sites excluding steroid dienone is 3. The van der Waals surface area contributed by atoms with Crippen molar-refractivity contribution in [2.75, 3.05) is 0 Å². The van der Waals surface area contributed by atoms with Crippen molar-refractivity contribution < 1.29 is 0 Å². The molecule has 0 saturated heterocycles. The zero-order valence-corrected chi connectivity index (χ0v) is 8.96. The third-order valence-corrected chi connectivity index (χ3v) is 3.57. The fourth-order valence-corrected chi connectivity index (χ4v) is 2.79. The van der Waals surface area contributed by atoms with E-state index in [2.05, 4.69) is 43.3 Å². The second-order valence-electron chi connectivity index (χ2n) is 4.58. The molecule has 1 aromatic rings. The van der Waals surface area contributed by atoms with Crippen LogP contribution in [0, 0.1) is 0 Å². The number of hydrogen-bond acceptors (Lipinski definition) is 1. The van der Waals surface area contributed by atoms with Crippen molar-refractivity contribution in [2.45, 2.75) is 25.3 Å². The molecule has 2 aliphatic carbocycles. The number of fused-ring (bicyclic) bond motifs is 2. The van der Waals surface area contributed by atoms with Gasteiger partial charge in [0.15, 0.2) is 0 Å². The lowest BCUT2D eigenvalue weighted by atomic mass is 9.86. The fraction of sp³-hybridized carbons (Fsp3) is 0.286. The molecule has 0 aromatic heterocycles. The number of benzene rings is 1. The molecule has 0 fully saturated rings. The first-order valence-corrected chi connectivity index (χ1v) is 5.50. The first kappa shape index (κ1) is 8.93. The summed E-state index contributed by atoms with van der Waals surface area (Å²) in [7, 11) is 0. The van der Waals surface area contributed by atoms with Crippen LogP contribution in [0.25, 0.3) is 5.57 Å². The third-order valence-electron chi connectivity index (χ3n) is 3.57. The molecule has 76 valence electrons. The van der Waals surface area contributed by atoms with Gasteiger partial charge in [-0.15, -0.1) is 0 Å². The minimum atomic E-state index is -0.253. The zero-order valence-electron chi connectivity index (χ0n) is 8.96. The maximum absolute atomic E-state index is 6.45. The van der Waals surface area contributed by atoms with Gasteiger partial charge in [-0.1, -0.05) is 36.4 Å². The Labute approximate surface area is 90.3 Å². The average molecular weight is 197 g/mol. The van der Waals surface area contributed by atoms with Crippen LogP contribution in [0.15, 0.2) is 42.0 Å². The van der Waals surface area contributed by atoms with Crippen molar-refractivity contribution in [2.24, 2.45) is 5.73 Å². The third kappa shape index (κ3) is 1.07. The van der Waals surface area contributed by atoms with E-state index in [-0.39, 0.29) is 5.54 Å². The maximum atomic E-state index is 6.45. The van der Waals surface area contributed by atoms with E-state index in [0.29, 0.717) is 0 Å². The van der Waals surface area contributed by atoms with Crippen molar-refractivity contribution >= 4 is 5.57 Å². The Morgan fingerprint density at radius 2 is 2.07 bits per heavy atom. The molecular weight excluding hydrogens is 182 g/mol. The molecule has 0 radical (unpaired) electrons. The summed E-state index contributed by atoms with van der Waals surface area (Å²) in [6.45, 7) is 2.13. The maximum Gasteiger partial charge on any atom is 0.0611 e. The summed E-state index contributed by atoms with van der Waals surface area (Å²) in [5, 5.41) is 0. The van der Waals surface area contributed by atoms with E-state index in [0.717, 1.165) is 12.8 Å². The Bertz CT molecular complexity index is 478. The normalized spacial score (nSPS) is 27.9. The first-order valence-electron chi connectivity index (χ1n) is 5.50. The lowest BCUT2D eigenvalue weighted by Gasteiger charge is -2.25. The van der Waals surface area contributed by atoms with Crippen LogP contribution in [0.3, 0.4) is 0 Å². The molecule has 15 heavy (non-hydrogen) atoms. The molecule has 2 aliphatic rings. The Kier molecular flexibility index (Phi) is 1.68. The van der Waals surface area contributed by atoms with Gasteiger partial charge in [0.25, 0.3) is 0 Å². The number of hydrogen-bond donors (Lipinski definition) is 1. The highest BCUT2D eigenvalue weighted by molar-refractivity contribution is 5.86. The predicted octanol–water partition coefficient (Wildman–Crippen LogP) is 2.98. The summed E-state index contributed by atoms with van der Waals surface area (Å²) in [5.41, 5.74) is 11.6. The second-order valence-corrected chi connectivity index (χ2v) is 4.58. The van der Waals surface area contributed by atoms with E-state index in [9.17, 15) is 0 Å². The van der Waals surface area contributed by atoms with E-state index in [1.54, 1.807) is 0 Å². The van der Waals surface area contributed by atoms with E-state index < -0.39 is 0 Å². The summed E-state index contributed by atoms with van der Waals surface area (Å²) in [6.07, 6.45) is 6.71. The Morgan fingerprint density at radius 1 is 1.27 bits per heavy atom. The second kappa shape index (κ2) is 2.83. The van der Waals surface area contributed by atoms with Crippen LogP contribution in [0.1, 0.15) is 30.9 Å². The molecule has 1 atom stereocenters. The van der Waals surface area contributed by atoms with Crippen LogP contribution >= 0.6 is 0 Å².